The normalized spacial score (nSPS) is 14.8. The summed E-state index contributed by atoms with van der Waals surface area (Å²) < 4.78 is 6.51. The van der Waals surface area contributed by atoms with E-state index in [1.165, 1.54) is 5.69 Å². The van der Waals surface area contributed by atoms with Crippen molar-refractivity contribution >= 4 is 44.7 Å². The predicted molar refractivity (Wildman–Crippen MR) is 109 cm³/mol. The summed E-state index contributed by atoms with van der Waals surface area (Å²) in [6.45, 7) is 7.68. The van der Waals surface area contributed by atoms with Crippen LogP contribution in [0.25, 0.3) is 10.2 Å². The van der Waals surface area contributed by atoms with Crippen molar-refractivity contribution in [3.8, 4) is 0 Å². The molecule has 0 saturated carbocycles. The van der Waals surface area contributed by atoms with Gasteiger partial charge in [0.25, 0.3) is 0 Å². The molecular weight excluding hydrogens is 346 g/mol. The lowest BCUT2D eigenvalue weighted by Crippen LogP contribution is -2.36. The van der Waals surface area contributed by atoms with Crippen LogP contribution in [0.2, 0.25) is 0 Å². The fraction of sp³-hybridized carbons (Fsp3) is 0.368. The van der Waals surface area contributed by atoms with Crippen molar-refractivity contribution in [1.82, 2.24) is 9.97 Å². The van der Waals surface area contributed by atoms with E-state index in [1.807, 2.05) is 11.4 Å². The molecule has 0 spiro atoms. The quantitative estimate of drug-likeness (QED) is 0.706. The number of morpholine rings is 1. The first-order chi connectivity index (χ1) is 12.7. The maximum absolute atomic E-state index is 5.42. The summed E-state index contributed by atoms with van der Waals surface area (Å²) >= 11 is 1.66. The van der Waals surface area contributed by atoms with Crippen molar-refractivity contribution in [2.75, 3.05) is 41.8 Å². The summed E-state index contributed by atoms with van der Waals surface area (Å²) in [7, 11) is 0. The van der Waals surface area contributed by atoms with E-state index in [0.29, 0.717) is 12.0 Å². The minimum Gasteiger partial charge on any atom is -0.378 e. The van der Waals surface area contributed by atoms with E-state index in [9.17, 15) is 0 Å². The standard InChI is InChI=1S/C19H23N5OS/c1-13(2)20-18-17-16(7-12-26-17)22-19(23-18)21-14-3-5-15(6-4-14)24-8-10-25-11-9-24/h3-7,12-13H,8-11H2,1-2H3,(H2,20,21,22,23). The second-order valence-electron chi connectivity index (χ2n) is 6.60. The molecule has 0 bridgehead atoms. The molecule has 0 aliphatic carbocycles. The van der Waals surface area contributed by atoms with Crippen LogP contribution < -0.4 is 15.5 Å². The molecule has 0 amide bonds. The SMILES string of the molecule is CC(C)Nc1nc(Nc2ccc(N3CCOCC3)cc2)nc2ccsc12. The van der Waals surface area contributed by atoms with Crippen molar-refractivity contribution in [2.24, 2.45) is 0 Å². The molecule has 2 N–H and O–H groups in total. The van der Waals surface area contributed by atoms with Crippen LogP contribution in [0.15, 0.2) is 35.7 Å². The van der Waals surface area contributed by atoms with E-state index >= 15 is 0 Å². The zero-order valence-electron chi connectivity index (χ0n) is 15.0. The van der Waals surface area contributed by atoms with Gasteiger partial charge in [0.2, 0.25) is 5.95 Å². The summed E-state index contributed by atoms with van der Waals surface area (Å²) in [6, 6.07) is 10.7. The summed E-state index contributed by atoms with van der Waals surface area (Å²) in [5.41, 5.74) is 3.16. The highest BCUT2D eigenvalue weighted by Crippen LogP contribution is 2.29. The van der Waals surface area contributed by atoms with Crippen LogP contribution in [-0.4, -0.2) is 42.3 Å². The molecule has 1 aromatic carbocycles. The number of anilines is 4. The minimum absolute atomic E-state index is 0.316. The Morgan fingerprint density at radius 3 is 2.58 bits per heavy atom. The minimum atomic E-state index is 0.316. The van der Waals surface area contributed by atoms with Crippen LogP contribution >= 0.6 is 11.3 Å². The highest BCUT2D eigenvalue weighted by atomic mass is 32.1. The monoisotopic (exact) mass is 369 g/mol. The van der Waals surface area contributed by atoms with Gasteiger partial charge in [0.1, 0.15) is 5.82 Å². The van der Waals surface area contributed by atoms with Crippen LogP contribution in [0.4, 0.5) is 23.1 Å². The highest BCUT2D eigenvalue weighted by Gasteiger charge is 2.12. The molecule has 3 aromatic rings. The largest absolute Gasteiger partial charge is 0.378 e. The molecule has 136 valence electrons. The molecule has 6 nitrogen and oxygen atoms in total. The molecule has 0 atom stereocenters. The van der Waals surface area contributed by atoms with E-state index in [-0.39, 0.29) is 0 Å². The first kappa shape index (κ1) is 17.1. The van der Waals surface area contributed by atoms with Gasteiger partial charge in [-0.05, 0) is 49.6 Å². The Kier molecular flexibility index (Phi) is 4.90. The average molecular weight is 369 g/mol. The van der Waals surface area contributed by atoms with E-state index in [4.69, 9.17) is 4.74 Å². The molecule has 7 heteroatoms. The summed E-state index contributed by atoms with van der Waals surface area (Å²) in [4.78, 5) is 11.6. The van der Waals surface area contributed by atoms with Crippen molar-refractivity contribution in [1.29, 1.82) is 0 Å². The van der Waals surface area contributed by atoms with Gasteiger partial charge in [0.15, 0.2) is 0 Å². The van der Waals surface area contributed by atoms with E-state index < -0.39 is 0 Å². The Morgan fingerprint density at radius 1 is 1.08 bits per heavy atom. The maximum Gasteiger partial charge on any atom is 0.229 e. The van der Waals surface area contributed by atoms with Crippen LogP contribution in [0.3, 0.4) is 0 Å². The lowest BCUT2D eigenvalue weighted by atomic mass is 10.2. The Labute approximate surface area is 157 Å². The lowest BCUT2D eigenvalue weighted by Gasteiger charge is -2.28. The maximum atomic E-state index is 5.42. The molecule has 1 saturated heterocycles. The topological polar surface area (TPSA) is 62.3 Å². The number of thiophene rings is 1. The van der Waals surface area contributed by atoms with Gasteiger partial charge in [0.05, 0.1) is 23.4 Å². The predicted octanol–water partition coefficient (Wildman–Crippen LogP) is 4.09. The van der Waals surface area contributed by atoms with Crippen LogP contribution in [0.5, 0.6) is 0 Å². The second kappa shape index (κ2) is 7.47. The van der Waals surface area contributed by atoms with Crippen molar-refractivity contribution in [3.05, 3.63) is 35.7 Å². The van der Waals surface area contributed by atoms with Crippen LogP contribution in [0, 0.1) is 0 Å². The molecule has 1 aliphatic rings. The number of hydrogen-bond acceptors (Lipinski definition) is 7. The third kappa shape index (κ3) is 3.73. The van der Waals surface area contributed by atoms with Crippen LogP contribution in [-0.2, 0) is 4.74 Å². The van der Waals surface area contributed by atoms with Gasteiger partial charge in [-0.1, -0.05) is 0 Å². The Morgan fingerprint density at radius 2 is 1.85 bits per heavy atom. The van der Waals surface area contributed by atoms with Gasteiger partial charge in [-0.15, -0.1) is 11.3 Å². The van der Waals surface area contributed by atoms with Crippen molar-refractivity contribution < 1.29 is 4.74 Å². The number of rotatable bonds is 5. The van der Waals surface area contributed by atoms with Gasteiger partial charge in [-0.3, -0.25) is 0 Å². The first-order valence-corrected chi connectivity index (χ1v) is 9.78. The average Bonchev–Trinajstić information content (AvgIpc) is 3.11. The Balaban J connectivity index is 1.54. The fourth-order valence-electron chi connectivity index (χ4n) is 3.00. The third-order valence-electron chi connectivity index (χ3n) is 4.23. The van der Waals surface area contributed by atoms with E-state index in [0.717, 1.165) is 48.0 Å². The van der Waals surface area contributed by atoms with Gasteiger partial charge in [-0.25, -0.2) is 4.98 Å². The molecule has 26 heavy (non-hydrogen) atoms. The molecule has 0 radical (unpaired) electrons. The lowest BCUT2D eigenvalue weighted by molar-refractivity contribution is 0.122. The molecule has 2 aromatic heterocycles. The van der Waals surface area contributed by atoms with Crippen LogP contribution in [0.1, 0.15) is 13.8 Å². The number of fused-ring (bicyclic) bond motifs is 1. The van der Waals surface area contributed by atoms with Gasteiger partial charge in [0, 0.05) is 30.5 Å². The summed E-state index contributed by atoms with van der Waals surface area (Å²) in [5, 5.41) is 8.79. The summed E-state index contributed by atoms with van der Waals surface area (Å²) in [5.74, 6) is 1.49. The number of nitrogens with zero attached hydrogens (tertiary/aromatic N) is 3. The zero-order chi connectivity index (χ0) is 17.9. The van der Waals surface area contributed by atoms with E-state index in [1.54, 1.807) is 11.3 Å². The number of ether oxygens (including phenoxy) is 1. The molecule has 1 aliphatic heterocycles. The zero-order valence-corrected chi connectivity index (χ0v) is 15.8. The molecular formula is C19H23N5OS. The number of nitrogens with one attached hydrogen (secondary N) is 2. The third-order valence-corrected chi connectivity index (χ3v) is 5.14. The van der Waals surface area contributed by atoms with E-state index in [2.05, 4.69) is 63.6 Å². The number of hydrogen-bond donors (Lipinski definition) is 2. The fourth-order valence-corrected chi connectivity index (χ4v) is 3.78. The van der Waals surface area contributed by atoms with Gasteiger partial charge < -0.3 is 20.3 Å². The number of benzene rings is 1. The van der Waals surface area contributed by atoms with Crippen molar-refractivity contribution in [2.45, 2.75) is 19.9 Å². The highest BCUT2D eigenvalue weighted by molar-refractivity contribution is 7.17. The van der Waals surface area contributed by atoms with Gasteiger partial charge >= 0.3 is 0 Å². The Bertz CT molecular complexity index is 871. The molecule has 1 fully saturated rings. The summed E-state index contributed by atoms with van der Waals surface area (Å²) in [6.07, 6.45) is 0. The van der Waals surface area contributed by atoms with Gasteiger partial charge in [-0.2, -0.15) is 4.98 Å². The first-order valence-electron chi connectivity index (χ1n) is 8.90. The smallest absolute Gasteiger partial charge is 0.229 e. The molecule has 3 heterocycles. The second-order valence-corrected chi connectivity index (χ2v) is 7.52. The number of aromatic nitrogens is 2. The Hall–Kier alpha value is -2.38. The molecule has 4 rings (SSSR count). The molecule has 0 unspecified atom stereocenters. The van der Waals surface area contributed by atoms with Crippen molar-refractivity contribution in [3.63, 3.8) is 0 Å².